The van der Waals surface area contributed by atoms with Gasteiger partial charge in [0, 0.05) is 18.5 Å². The number of ether oxygens (including phenoxy) is 1. The monoisotopic (exact) mass is 320 g/mol. The third-order valence-electron chi connectivity index (χ3n) is 2.93. The van der Waals surface area contributed by atoms with Crippen LogP contribution in [0.15, 0.2) is 35.7 Å². The molecule has 22 heavy (non-hydrogen) atoms. The molecule has 0 bridgehead atoms. The molecule has 1 aromatic carbocycles. The molecule has 0 unspecified atom stereocenters. The number of rotatable bonds is 6. The zero-order valence-electron chi connectivity index (χ0n) is 12.5. The van der Waals surface area contributed by atoms with Gasteiger partial charge in [-0.3, -0.25) is 4.79 Å². The molecular formula is C16H17FN2O2S. The molecule has 0 aliphatic heterocycles. The van der Waals surface area contributed by atoms with Gasteiger partial charge < -0.3 is 9.64 Å². The number of aromatic nitrogens is 1. The lowest BCUT2D eigenvalue weighted by molar-refractivity contribution is -0.125. The van der Waals surface area contributed by atoms with Crippen LogP contribution in [0.1, 0.15) is 10.7 Å². The number of hydrogen-bond acceptors (Lipinski definition) is 4. The molecule has 2 rings (SSSR count). The number of benzene rings is 1. The molecule has 0 radical (unpaired) electrons. The predicted octanol–water partition coefficient (Wildman–Crippen LogP) is 3.14. The van der Waals surface area contributed by atoms with Crippen molar-refractivity contribution in [3.63, 3.8) is 0 Å². The van der Waals surface area contributed by atoms with Crippen molar-refractivity contribution in [2.24, 2.45) is 0 Å². The van der Waals surface area contributed by atoms with E-state index in [9.17, 15) is 9.18 Å². The van der Waals surface area contributed by atoms with Crippen molar-refractivity contribution in [2.75, 3.05) is 20.2 Å². The molecule has 1 aromatic heterocycles. The van der Waals surface area contributed by atoms with E-state index in [1.165, 1.54) is 28.4 Å². The Bertz CT molecular complexity index is 670. The van der Waals surface area contributed by atoms with E-state index in [2.05, 4.69) is 4.98 Å². The summed E-state index contributed by atoms with van der Waals surface area (Å²) >= 11 is 1.53. The minimum atomic E-state index is -0.407. The van der Waals surface area contributed by atoms with Crippen LogP contribution < -0.4 is 4.74 Å². The van der Waals surface area contributed by atoms with Gasteiger partial charge in [-0.1, -0.05) is 12.1 Å². The molecule has 0 N–H and O–H groups in total. The lowest BCUT2D eigenvalue weighted by atomic mass is 10.3. The number of hydrogen-bond donors (Lipinski definition) is 0. The molecular weight excluding hydrogens is 303 g/mol. The standard InChI is InChI=1S/C16H17FN2O2S/c1-12-18-13(11-22-12)7-8-16(20)19(2)9-10-21-15-6-4-3-5-14(15)17/h3-8,11H,9-10H2,1-2H3/b8-7+. The van der Waals surface area contributed by atoms with Gasteiger partial charge in [0.1, 0.15) is 6.61 Å². The number of para-hydroxylation sites is 1. The maximum Gasteiger partial charge on any atom is 0.246 e. The summed E-state index contributed by atoms with van der Waals surface area (Å²) in [6.07, 6.45) is 3.15. The van der Waals surface area contributed by atoms with E-state index in [4.69, 9.17) is 4.74 Å². The minimum absolute atomic E-state index is 0.150. The first-order valence-electron chi connectivity index (χ1n) is 6.79. The van der Waals surface area contributed by atoms with Crippen LogP contribution in [0.4, 0.5) is 4.39 Å². The summed E-state index contributed by atoms with van der Waals surface area (Å²) in [4.78, 5) is 17.7. The summed E-state index contributed by atoms with van der Waals surface area (Å²) in [5.41, 5.74) is 0.770. The van der Waals surface area contributed by atoms with Gasteiger partial charge in [-0.2, -0.15) is 0 Å². The summed E-state index contributed by atoms with van der Waals surface area (Å²) in [7, 11) is 1.67. The van der Waals surface area contributed by atoms with E-state index in [0.29, 0.717) is 6.54 Å². The van der Waals surface area contributed by atoms with Crippen molar-refractivity contribution >= 4 is 23.3 Å². The quantitative estimate of drug-likeness (QED) is 0.768. The normalized spacial score (nSPS) is 10.9. The lowest BCUT2D eigenvalue weighted by Gasteiger charge is -2.15. The molecule has 0 aliphatic carbocycles. The number of carbonyl (C=O) groups is 1. The summed E-state index contributed by atoms with van der Waals surface area (Å²) in [6, 6.07) is 6.19. The number of nitrogens with zero attached hydrogens (tertiary/aromatic N) is 2. The van der Waals surface area contributed by atoms with Gasteiger partial charge in [0.25, 0.3) is 0 Å². The first-order chi connectivity index (χ1) is 10.6. The van der Waals surface area contributed by atoms with Gasteiger partial charge >= 0.3 is 0 Å². The smallest absolute Gasteiger partial charge is 0.246 e. The van der Waals surface area contributed by atoms with Crippen molar-refractivity contribution in [2.45, 2.75) is 6.92 Å². The SMILES string of the molecule is Cc1nc(/C=C/C(=O)N(C)CCOc2ccccc2F)cs1. The zero-order chi connectivity index (χ0) is 15.9. The summed E-state index contributed by atoms with van der Waals surface area (Å²) in [5, 5.41) is 2.85. The van der Waals surface area contributed by atoms with Crippen molar-refractivity contribution in [1.29, 1.82) is 0 Å². The summed E-state index contributed by atoms with van der Waals surface area (Å²) in [5.74, 6) is -0.366. The van der Waals surface area contributed by atoms with Crippen LogP contribution in [0.25, 0.3) is 6.08 Å². The van der Waals surface area contributed by atoms with E-state index >= 15 is 0 Å². The maximum atomic E-state index is 13.4. The van der Waals surface area contributed by atoms with Crippen LogP contribution in [0.2, 0.25) is 0 Å². The van der Waals surface area contributed by atoms with Crippen LogP contribution >= 0.6 is 11.3 Å². The van der Waals surface area contributed by atoms with Gasteiger partial charge in [0.2, 0.25) is 5.91 Å². The van der Waals surface area contributed by atoms with Crippen molar-refractivity contribution in [3.8, 4) is 5.75 Å². The molecule has 4 nitrogen and oxygen atoms in total. The molecule has 0 atom stereocenters. The second-order valence-corrected chi connectivity index (χ2v) is 5.73. The van der Waals surface area contributed by atoms with E-state index in [1.807, 2.05) is 12.3 Å². The highest BCUT2D eigenvalue weighted by molar-refractivity contribution is 7.09. The van der Waals surface area contributed by atoms with Gasteiger partial charge in [0.15, 0.2) is 11.6 Å². The Morgan fingerprint density at radius 1 is 1.45 bits per heavy atom. The fourth-order valence-corrected chi connectivity index (χ4v) is 2.29. The highest BCUT2D eigenvalue weighted by Crippen LogP contribution is 2.15. The van der Waals surface area contributed by atoms with Gasteiger partial charge in [-0.15, -0.1) is 11.3 Å². The van der Waals surface area contributed by atoms with Crippen LogP contribution in [-0.4, -0.2) is 36.0 Å². The van der Waals surface area contributed by atoms with Crippen LogP contribution in [0.3, 0.4) is 0 Å². The Labute approximate surface area is 132 Å². The summed E-state index contributed by atoms with van der Waals surface area (Å²) < 4.78 is 18.7. The molecule has 0 spiro atoms. The number of aryl methyl sites for hydroxylation is 1. The first kappa shape index (κ1) is 16.2. The topological polar surface area (TPSA) is 42.4 Å². The van der Waals surface area contributed by atoms with Crippen molar-refractivity contribution in [1.82, 2.24) is 9.88 Å². The van der Waals surface area contributed by atoms with Gasteiger partial charge in [-0.05, 0) is 25.1 Å². The minimum Gasteiger partial charge on any atom is -0.489 e. The Hall–Kier alpha value is -2.21. The van der Waals surface area contributed by atoms with E-state index in [-0.39, 0.29) is 18.3 Å². The number of thiazole rings is 1. The van der Waals surface area contributed by atoms with Crippen LogP contribution in [-0.2, 0) is 4.79 Å². The molecule has 1 heterocycles. The Morgan fingerprint density at radius 3 is 2.91 bits per heavy atom. The van der Waals surface area contributed by atoms with Crippen LogP contribution in [0.5, 0.6) is 5.75 Å². The summed E-state index contributed by atoms with van der Waals surface area (Å²) in [6.45, 7) is 2.51. The van der Waals surface area contributed by atoms with Crippen molar-refractivity contribution in [3.05, 3.63) is 52.2 Å². The van der Waals surface area contributed by atoms with E-state index in [1.54, 1.807) is 31.3 Å². The fourth-order valence-electron chi connectivity index (χ4n) is 1.71. The van der Waals surface area contributed by atoms with Gasteiger partial charge in [-0.25, -0.2) is 9.37 Å². The molecule has 0 saturated carbocycles. The third-order valence-corrected chi connectivity index (χ3v) is 3.72. The molecule has 6 heteroatoms. The number of carbonyl (C=O) groups excluding carboxylic acids is 1. The molecule has 0 saturated heterocycles. The Kier molecular flexibility index (Phi) is 5.66. The molecule has 2 aromatic rings. The molecule has 1 amide bonds. The highest BCUT2D eigenvalue weighted by Gasteiger charge is 2.06. The lowest BCUT2D eigenvalue weighted by Crippen LogP contribution is -2.29. The molecule has 0 fully saturated rings. The van der Waals surface area contributed by atoms with E-state index < -0.39 is 5.82 Å². The van der Waals surface area contributed by atoms with Crippen molar-refractivity contribution < 1.29 is 13.9 Å². The highest BCUT2D eigenvalue weighted by atomic mass is 32.1. The largest absolute Gasteiger partial charge is 0.489 e. The molecule has 116 valence electrons. The van der Waals surface area contributed by atoms with E-state index in [0.717, 1.165) is 10.7 Å². The Balaban J connectivity index is 1.79. The Morgan fingerprint density at radius 2 is 2.23 bits per heavy atom. The number of likely N-dealkylation sites (N-methyl/N-ethyl adjacent to an activating group) is 1. The molecule has 0 aliphatic rings. The number of amides is 1. The van der Waals surface area contributed by atoms with Gasteiger partial charge in [0.05, 0.1) is 17.2 Å². The third kappa shape index (κ3) is 4.66. The zero-order valence-corrected chi connectivity index (χ0v) is 13.3. The average molecular weight is 320 g/mol. The predicted molar refractivity (Wildman–Crippen MR) is 85.4 cm³/mol. The second-order valence-electron chi connectivity index (χ2n) is 4.66. The van der Waals surface area contributed by atoms with Crippen LogP contribution in [0, 0.1) is 12.7 Å². The maximum absolute atomic E-state index is 13.4. The first-order valence-corrected chi connectivity index (χ1v) is 7.67. The second kappa shape index (κ2) is 7.70. The average Bonchev–Trinajstić information content (AvgIpc) is 2.92. The fraction of sp³-hybridized carbons (Fsp3) is 0.250. The number of halogens is 1.